The summed E-state index contributed by atoms with van der Waals surface area (Å²) >= 11 is 5.58. The largest absolute Gasteiger partial charge is 0.398 e. The lowest BCUT2D eigenvalue weighted by Crippen LogP contribution is -2.26. The van der Waals surface area contributed by atoms with Crippen LogP contribution in [0.3, 0.4) is 0 Å². The zero-order valence-electron chi connectivity index (χ0n) is 19.2. The van der Waals surface area contributed by atoms with Crippen LogP contribution >= 0.6 is 12.2 Å². The summed E-state index contributed by atoms with van der Waals surface area (Å²) in [4.78, 5) is 5.09. The minimum atomic E-state index is -0.0278. The van der Waals surface area contributed by atoms with E-state index in [-0.39, 0.29) is 11.7 Å². The van der Waals surface area contributed by atoms with Crippen LogP contribution in [0.15, 0.2) is 78.0 Å². The molecule has 0 unspecified atom stereocenters. The van der Waals surface area contributed by atoms with Crippen molar-refractivity contribution in [1.29, 1.82) is 0 Å². The van der Waals surface area contributed by atoms with Gasteiger partial charge in [-0.3, -0.25) is 10.3 Å². The van der Waals surface area contributed by atoms with Gasteiger partial charge in [0.1, 0.15) is 5.71 Å². The van der Waals surface area contributed by atoms with Gasteiger partial charge in [0.15, 0.2) is 0 Å². The first-order valence-electron chi connectivity index (χ1n) is 10.6. The highest BCUT2D eigenvalue weighted by Crippen LogP contribution is 2.22. The van der Waals surface area contributed by atoms with E-state index in [1.54, 1.807) is 6.08 Å². The molecule has 5 N–H and O–H groups in total. The molecule has 0 spiro atoms. The van der Waals surface area contributed by atoms with Crippen molar-refractivity contribution in [3.8, 4) is 0 Å². The maximum Gasteiger partial charge on any atom is 0.104 e. The van der Waals surface area contributed by atoms with Crippen LogP contribution in [0, 0.1) is 0 Å². The second-order valence-corrected chi connectivity index (χ2v) is 8.10. The molecule has 0 aliphatic rings. The van der Waals surface area contributed by atoms with Crippen LogP contribution in [-0.2, 0) is 6.42 Å². The monoisotopic (exact) mass is 448 g/mol. The summed E-state index contributed by atoms with van der Waals surface area (Å²) in [5, 5.41) is 11.3. The van der Waals surface area contributed by atoms with Gasteiger partial charge in [-0.25, -0.2) is 4.99 Å². The van der Waals surface area contributed by atoms with Crippen LogP contribution in [0.25, 0.3) is 11.4 Å². The molecule has 2 aromatic rings. The zero-order chi connectivity index (χ0) is 23.8. The molecule has 0 saturated carbocycles. The molecule has 2 rings (SSSR count). The predicted octanol–water partition coefficient (Wildman–Crippen LogP) is 5.50. The second-order valence-electron chi connectivity index (χ2n) is 7.66. The fraction of sp³-hybridized carbons (Fsp3) is 0.231. The van der Waals surface area contributed by atoms with Gasteiger partial charge in [-0.1, -0.05) is 68.2 Å². The normalized spacial score (nSPS) is 12.8. The molecule has 0 atom stereocenters. The van der Waals surface area contributed by atoms with E-state index in [4.69, 9.17) is 23.7 Å². The van der Waals surface area contributed by atoms with Crippen molar-refractivity contribution in [2.75, 3.05) is 5.06 Å². The average Bonchev–Trinajstić information content (AvgIpc) is 2.79. The highest BCUT2D eigenvalue weighted by molar-refractivity contribution is 7.82. The molecule has 0 aliphatic carbocycles. The number of anilines is 1. The number of nitrogens with two attached hydrogens (primary N) is 2. The first kappa shape index (κ1) is 25.0. The van der Waals surface area contributed by atoms with E-state index < -0.39 is 0 Å². The van der Waals surface area contributed by atoms with Crippen molar-refractivity contribution in [2.45, 2.75) is 40.2 Å². The quantitative estimate of drug-likeness (QED) is 0.204. The maximum atomic E-state index is 10.1. The van der Waals surface area contributed by atoms with Crippen molar-refractivity contribution in [3.05, 3.63) is 89.6 Å². The number of rotatable bonds is 9. The lowest BCUT2D eigenvalue weighted by molar-refractivity contribution is 0.229. The highest BCUT2D eigenvalue weighted by atomic mass is 32.1. The van der Waals surface area contributed by atoms with E-state index in [1.165, 1.54) is 10.6 Å². The summed E-state index contributed by atoms with van der Waals surface area (Å²) in [6.07, 6.45) is 4.53. The SMILES string of the molecule is C=C(N)C(=N/C(=C\C)c1ccc(N(O)C(C)C)cc1)C(=S)/C=C(\N)c1ccc(CC)cc1. The Morgan fingerprint density at radius 2 is 1.66 bits per heavy atom. The third-order valence-electron chi connectivity index (χ3n) is 4.94. The van der Waals surface area contributed by atoms with Crippen molar-refractivity contribution in [2.24, 2.45) is 16.5 Å². The molecule has 0 heterocycles. The molecule has 6 heteroatoms. The van der Waals surface area contributed by atoms with Crippen LogP contribution < -0.4 is 16.5 Å². The Morgan fingerprint density at radius 1 is 1.09 bits per heavy atom. The maximum absolute atomic E-state index is 10.1. The number of thiocarbonyl (C=S) groups is 1. The summed E-state index contributed by atoms with van der Waals surface area (Å²) in [5.41, 5.74) is 17.9. The van der Waals surface area contributed by atoms with E-state index in [9.17, 15) is 5.21 Å². The van der Waals surface area contributed by atoms with E-state index in [0.29, 0.717) is 27.7 Å². The number of hydrogen-bond donors (Lipinski definition) is 3. The van der Waals surface area contributed by atoms with Gasteiger partial charge in [-0.05, 0) is 62.1 Å². The Bertz CT molecular complexity index is 1050. The fourth-order valence-corrected chi connectivity index (χ4v) is 3.31. The molecule has 0 aliphatic heterocycles. The van der Waals surface area contributed by atoms with Gasteiger partial charge >= 0.3 is 0 Å². The number of aryl methyl sites for hydroxylation is 1. The number of hydroxylamine groups is 1. The summed E-state index contributed by atoms with van der Waals surface area (Å²) in [6.45, 7) is 11.7. The molecule has 0 bridgehead atoms. The lowest BCUT2D eigenvalue weighted by Gasteiger charge is -2.21. The molecule has 0 saturated heterocycles. The third kappa shape index (κ3) is 6.39. The van der Waals surface area contributed by atoms with E-state index >= 15 is 0 Å². The standard InChI is InChI=1S/C26H32N4OS/c1-6-19-8-10-20(11-9-19)23(28)16-25(32)26(18(5)27)29-24(7-2)21-12-14-22(15-13-21)30(31)17(3)4/h7-17,31H,5-6,27-28H2,1-4H3/b23-16-,24-7-,29-26?. The van der Waals surface area contributed by atoms with Gasteiger partial charge in [0, 0.05) is 5.70 Å². The molecule has 0 fully saturated rings. The Morgan fingerprint density at radius 3 is 2.12 bits per heavy atom. The topological polar surface area (TPSA) is 87.9 Å². The fourth-order valence-electron chi connectivity index (χ4n) is 3.01. The number of hydrogen-bond acceptors (Lipinski definition) is 6. The van der Waals surface area contributed by atoms with E-state index in [1.807, 2.05) is 75.4 Å². The average molecular weight is 449 g/mol. The summed E-state index contributed by atoms with van der Waals surface area (Å²) < 4.78 is 0. The van der Waals surface area contributed by atoms with Crippen LogP contribution in [-0.4, -0.2) is 21.8 Å². The molecule has 32 heavy (non-hydrogen) atoms. The summed E-state index contributed by atoms with van der Waals surface area (Å²) in [7, 11) is 0. The highest BCUT2D eigenvalue weighted by Gasteiger charge is 2.12. The minimum Gasteiger partial charge on any atom is -0.398 e. The molecule has 0 amide bonds. The molecule has 2 aromatic carbocycles. The van der Waals surface area contributed by atoms with Gasteiger partial charge < -0.3 is 11.5 Å². The van der Waals surface area contributed by atoms with Gasteiger partial charge in [0.05, 0.1) is 28.0 Å². The van der Waals surface area contributed by atoms with Crippen LogP contribution in [0.1, 0.15) is 44.4 Å². The van der Waals surface area contributed by atoms with Gasteiger partial charge in [-0.2, -0.15) is 0 Å². The number of allylic oxidation sites excluding steroid dienone is 3. The summed E-state index contributed by atoms with van der Waals surface area (Å²) in [5.74, 6) is 0. The lowest BCUT2D eigenvalue weighted by atomic mass is 10.1. The molecule has 168 valence electrons. The van der Waals surface area contributed by atoms with Crippen LogP contribution in [0.2, 0.25) is 0 Å². The Balaban J connectivity index is 2.33. The number of aliphatic imine (C=N–C) groups is 1. The second kappa shape index (κ2) is 11.4. The molecular weight excluding hydrogens is 416 g/mol. The molecule has 0 radical (unpaired) electrons. The molecule has 0 aromatic heterocycles. The minimum absolute atomic E-state index is 0.0278. The third-order valence-corrected chi connectivity index (χ3v) is 5.25. The Hall–Kier alpha value is -3.22. The van der Waals surface area contributed by atoms with Crippen molar-refractivity contribution >= 4 is 39.9 Å². The van der Waals surface area contributed by atoms with E-state index in [2.05, 4.69) is 18.5 Å². The Kier molecular flexibility index (Phi) is 8.93. The van der Waals surface area contributed by atoms with Crippen molar-refractivity contribution in [1.82, 2.24) is 0 Å². The first-order chi connectivity index (χ1) is 15.2. The Labute approximate surface area is 196 Å². The molecular formula is C26H32N4OS. The smallest absolute Gasteiger partial charge is 0.104 e. The zero-order valence-corrected chi connectivity index (χ0v) is 20.0. The number of nitrogens with zero attached hydrogens (tertiary/aromatic N) is 2. The number of benzene rings is 2. The van der Waals surface area contributed by atoms with Crippen LogP contribution in [0.4, 0.5) is 5.69 Å². The molecule has 5 nitrogen and oxygen atoms in total. The van der Waals surface area contributed by atoms with Gasteiger partial charge in [0.2, 0.25) is 0 Å². The van der Waals surface area contributed by atoms with E-state index in [0.717, 1.165) is 17.5 Å². The van der Waals surface area contributed by atoms with Gasteiger partial charge in [0.25, 0.3) is 0 Å². The summed E-state index contributed by atoms with van der Waals surface area (Å²) in [6, 6.07) is 15.5. The van der Waals surface area contributed by atoms with Crippen molar-refractivity contribution < 1.29 is 5.21 Å². The van der Waals surface area contributed by atoms with Gasteiger partial charge in [-0.15, -0.1) is 0 Å². The first-order valence-corrected chi connectivity index (χ1v) is 11.0. The van der Waals surface area contributed by atoms with Crippen molar-refractivity contribution in [3.63, 3.8) is 0 Å². The predicted molar refractivity (Wildman–Crippen MR) is 141 cm³/mol. The van der Waals surface area contributed by atoms with Crippen LogP contribution in [0.5, 0.6) is 0 Å².